The molecule has 1 aliphatic heterocycles. The highest BCUT2D eigenvalue weighted by atomic mass is 32.2. The molecule has 0 unspecified atom stereocenters. The molecule has 5 nitrogen and oxygen atoms in total. The molecule has 4 rings (SSSR count). The first kappa shape index (κ1) is 23.3. The second-order valence-corrected chi connectivity index (χ2v) is 10.3. The molecule has 33 heavy (non-hydrogen) atoms. The number of benzene rings is 3. The van der Waals surface area contributed by atoms with Gasteiger partial charge in [-0.3, -0.25) is 4.79 Å². The highest BCUT2D eigenvalue weighted by molar-refractivity contribution is 8.19. The van der Waals surface area contributed by atoms with E-state index >= 15 is 0 Å². The Kier molecular flexibility index (Phi) is 8.33. The van der Waals surface area contributed by atoms with Gasteiger partial charge in [0.15, 0.2) is 6.61 Å². The van der Waals surface area contributed by atoms with Crippen LogP contribution in [0.1, 0.15) is 26.8 Å². The van der Waals surface area contributed by atoms with Crippen LogP contribution in [0.3, 0.4) is 0 Å². The topological polar surface area (TPSA) is 59.9 Å². The van der Waals surface area contributed by atoms with Crippen molar-refractivity contribution in [2.75, 3.05) is 18.1 Å². The third-order valence-electron chi connectivity index (χ3n) is 4.97. The van der Waals surface area contributed by atoms with Crippen LogP contribution in [0.2, 0.25) is 0 Å². The maximum Gasteiger partial charge on any atom is 0.277 e. The van der Waals surface area contributed by atoms with Crippen molar-refractivity contribution >= 4 is 35.6 Å². The number of ether oxygens (including phenoxy) is 2. The molecule has 0 atom stereocenters. The molecule has 0 bridgehead atoms. The van der Waals surface area contributed by atoms with Crippen molar-refractivity contribution in [2.45, 2.75) is 18.1 Å². The average Bonchev–Trinajstić information content (AvgIpc) is 3.39. The summed E-state index contributed by atoms with van der Waals surface area (Å²) in [7, 11) is 0. The number of rotatable bonds is 9. The number of carbonyl (C=O) groups is 1. The van der Waals surface area contributed by atoms with E-state index in [9.17, 15) is 4.79 Å². The summed E-state index contributed by atoms with van der Waals surface area (Å²) in [4.78, 5) is 12.1. The molecular weight excluding hydrogens is 452 g/mol. The fourth-order valence-corrected chi connectivity index (χ4v) is 6.05. The molecule has 170 valence electrons. The van der Waals surface area contributed by atoms with Crippen molar-refractivity contribution in [2.24, 2.45) is 5.10 Å². The molecule has 1 amide bonds. The van der Waals surface area contributed by atoms with Gasteiger partial charge in [-0.1, -0.05) is 54.1 Å². The Morgan fingerprint density at radius 2 is 1.73 bits per heavy atom. The number of aryl methyl sites for hydroxylation is 1. The zero-order valence-electron chi connectivity index (χ0n) is 18.4. The van der Waals surface area contributed by atoms with E-state index in [0.29, 0.717) is 22.7 Å². The maximum absolute atomic E-state index is 12.1. The molecule has 0 spiro atoms. The first-order chi connectivity index (χ1) is 16.2. The number of hydrazone groups is 1. The molecule has 1 saturated heterocycles. The first-order valence-electron chi connectivity index (χ1n) is 10.7. The molecule has 0 aromatic heterocycles. The fourth-order valence-electron chi connectivity index (χ4n) is 3.19. The van der Waals surface area contributed by atoms with Crippen LogP contribution >= 0.6 is 23.5 Å². The van der Waals surface area contributed by atoms with Crippen LogP contribution < -0.4 is 14.9 Å². The fraction of sp³-hybridized carbons (Fsp3) is 0.231. The molecular formula is C26H26N2O3S2. The van der Waals surface area contributed by atoms with Crippen LogP contribution in [0.25, 0.3) is 0 Å². The Bertz CT molecular complexity index is 1080. The third-order valence-corrected chi connectivity index (χ3v) is 8.08. The van der Waals surface area contributed by atoms with Crippen molar-refractivity contribution in [1.82, 2.24) is 5.43 Å². The Balaban J connectivity index is 1.24. The van der Waals surface area contributed by atoms with E-state index in [1.165, 1.54) is 22.6 Å². The van der Waals surface area contributed by atoms with E-state index < -0.39 is 0 Å². The van der Waals surface area contributed by atoms with Crippen LogP contribution in [0, 0.1) is 6.92 Å². The van der Waals surface area contributed by atoms with E-state index in [1.807, 2.05) is 72.1 Å². The van der Waals surface area contributed by atoms with Crippen LogP contribution in [-0.2, 0) is 11.4 Å². The highest BCUT2D eigenvalue weighted by Gasteiger charge is 2.18. The van der Waals surface area contributed by atoms with Gasteiger partial charge in [-0.2, -0.15) is 5.10 Å². The molecule has 0 aliphatic carbocycles. The molecule has 0 radical (unpaired) electrons. The van der Waals surface area contributed by atoms with Crippen LogP contribution in [0.15, 0.2) is 77.9 Å². The highest BCUT2D eigenvalue weighted by Crippen LogP contribution is 2.45. The summed E-state index contributed by atoms with van der Waals surface area (Å²) in [5.41, 5.74) is 6.88. The van der Waals surface area contributed by atoms with Crippen molar-refractivity contribution in [1.29, 1.82) is 0 Å². The summed E-state index contributed by atoms with van der Waals surface area (Å²) in [5.74, 6) is 3.43. The minimum Gasteiger partial charge on any atom is -0.488 e. The number of nitrogens with zero attached hydrogens (tertiary/aromatic N) is 1. The standard InChI is InChI=1S/C26H26N2O3S2/c1-19-6-8-20(9-7-19)17-31-24-5-3-2-4-22(24)16-27-28-25(29)18-30-23-12-10-21(11-13-23)26-32-14-15-33-26/h2-13,16,26H,14-15,17-18H2,1H3,(H,28,29)/b27-16-. The second-order valence-electron chi connectivity index (χ2n) is 7.54. The number of hydrogen-bond acceptors (Lipinski definition) is 6. The van der Waals surface area contributed by atoms with Gasteiger partial charge in [-0.05, 0) is 42.3 Å². The number of thioether (sulfide) groups is 2. The van der Waals surface area contributed by atoms with Crippen molar-refractivity contribution in [3.05, 3.63) is 95.1 Å². The molecule has 7 heteroatoms. The summed E-state index contributed by atoms with van der Waals surface area (Å²) in [6.45, 7) is 2.42. The molecule has 3 aromatic carbocycles. The van der Waals surface area contributed by atoms with Gasteiger partial charge >= 0.3 is 0 Å². The summed E-state index contributed by atoms with van der Waals surface area (Å²) < 4.78 is 12.0. The summed E-state index contributed by atoms with van der Waals surface area (Å²) in [5, 5.41) is 4.06. The molecule has 1 aliphatic rings. The summed E-state index contributed by atoms with van der Waals surface area (Å²) >= 11 is 3.93. The van der Waals surface area contributed by atoms with Crippen LogP contribution in [0.5, 0.6) is 11.5 Å². The zero-order valence-corrected chi connectivity index (χ0v) is 20.0. The molecule has 3 aromatic rings. The lowest BCUT2D eigenvalue weighted by molar-refractivity contribution is -0.123. The van der Waals surface area contributed by atoms with Gasteiger partial charge in [0.05, 0.1) is 10.8 Å². The molecule has 1 fully saturated rings. The quantitative estimate of drug-likeness (QED) is 0.321. The van der Waals surface area contributed by atoms with E-state index in [-0.39, 0.29) is 12.5 Å². The third kappa shape index (κ3) is 7.04. The number of amides is 1. The predicted octanol–water partition coefficient (Wildman–Crippen LogP) is 5.58. The van der Waals surface area contributed by atoms with Gasteiger partial charge in [0.25, 0.3) is 5.91 Å². The average molecular weight is 479 g/mol. The van der Waals surface area contributed by atoms with Crippen molar-refractivity contribution < 1.29 is 14.3 Å². The van der Waals surface area contributed by atoms with Gasteiger partial charge < -0.3 is 9.47 Å². The monoisotopic (exact) mass is 478 g/mol. The first-order valence-corrected chi connectivity index (χ1v) is 12.8. The van der Waals surface area contributed by atoms with Gasteiger partial charge in [0, 0.05) is 17.1 Å². The second kappa shape index (κ2) is 11.8. The predicted molar refractivity (Wildman–Crippen MR) is 137 cm³/mol. The Morgan fingerprint density at radius 1 is 1.00 bits per heavy atom. The van der Waals surface area contributed by atoms with Gasteiger partial charge in [-0.25, -0.2) is 5.43 Å². The normalized spacial score (nSPS) is 13.8. The Morgan fingerprint density at radius 3 is 2.48 bits per heavy atom. The summed E-state index contributed by atoms with van der Waals surface area (Å²) in [6, 6.07) is 23.7. The minimum atomic E-state index is -0.324. The zero-order chi connectivity index (χ0) is 22.9. The summed E-state index contributed by atoms with van der Waals surface area (Å²) in [6.07, 6.45) is 1.58. The molecule has 0 saturated carbocycles. The number of para-hydroxylation sites is 1. The van der Waals surface area contributed by atoms with E-state index in [2.05, 4.69) is 41.7 Å². The molecule has 1 heterocycles. The van der Waals surface area contributed by atoms with E-state index in [1.54, 1.807) is 6.21 Å². The molecule has 1 N–H and O–H groups in total. The minimum absolute atomic E-state index is 0.102. The van der Waals surface area contributed by atoms with E-state index in [4.69, 9.17) is 9.47 Å². The lowest BCUT2D eigenvalue weighted by atomic mass is 10.1. The van der Waals surface area contributed by atoms with Crippen molar-refractivity contribution in [3.63, 3.8) is 0 Å². The van der Waals surface area contributed by atoms with Crippen LogP contribution in [-0.4, -0.2) is 30.2 Å². The van der Waals surface area contributed by atoms with Gasteiger partial charge in [0.2, 0.25) is 0 Å². The van der Waals surface area contributed by atoms with Crippen LogP contribution in [0.4, 0.5) is 0 Å². The number of hydrogen-bond donors (Lipinski definition) is 1. The van der Waals surface area contributed by atoms with Crippen molar-refractivity contribution in [3.8, 4) is 11.5 Å². The number of nitrogens with one attached hydrogen (secondary N) is 1. The lowest BCUT2D eigenvalue weighted by Crippen LogP contribution is -2.24. The Labute approximate surface area is 203 Å². The van der Waals surface area contributed by atoms with E-state index in [0.717, 1.165) is 11.1 Å². The Hall–Kier alpha value is -2.90. The van der Waals surface area contributed by atoms with Gasteiger partial charge in [-0.15, -0.1) is 23.5 Å². The maximum atomic E-state index is 12.1. The number of carbonyl (C=O) groups excluding carboxylic acids is 1. The smallest absolute Gasteiger partial charge is 0.277 e. The van der Waals surface area contributed by atoms with Gasteiger partial charge in [0.1, 0.15) is 18.1 Å². The SMILES string of the molecule is Cc1ccc(COc2ccccc2/C=N\NC(=O)COc2ccc(C3SCCS3)cc2)cc1. The largest absolute Gasteiger partial charge is 0.488 e. The lowest BCUT2D eigenvalue weighted by Gasteiger charge is -2.10.